The van der Waals surface area contributed by atoms with E-state index in [9.17, 15) is 13.2 Å². The van der Waals surface area contributed by atoms with Crippen molar-refractivity contribution in [2.24, 2.45) is 0 Å². The molecule has 1 N–H and O–H groups in total. The zero-order valence-electron chi connectivity index (χ0n) is 11.7. The van der Waals surface area contributed by atoms with Crippen LogP contribution < -0.4 is 5.32 Å². The molecule has 2 aromatic rings. The predicted octanol–water partition coefficient (Wildman–Crippen LogP) is 4.87. The Hall–Kier alpha value is -1.33. The third kappa shape index (κ3) is 3.30. The molecule has 1 unspecified atom stereocenters. The lowest BCUT2D eigenvalue weighted by molar-refractivity contribution is 0.477. The van der Waals surface area contributed by atoms with Gasteiger partial charge in [-0.25, -0.2) is 13.2 Å². The van der Waals surface area contributed by atoms with Gasteiger partial charge in [0.1, 0.15) is 5.82 Å². The highest BCUT2D eigenvalue weighted by atomic mass is 79.9. The summed E-state index contributed by atoms with van der Waals surface area (Å²) in [5.74, 6) is -2.20. The molecule has 2 rings (SSSR count). The second-order valence-corrected chi connectivity index (χ2v) is 5.61. The van der Waals surface area contributed by atoms with Gasteiger partial charge in [-0.05, 0) is 42.8 Å². The number of hydrogen-bond donors (Lipinski definition) is 1. The summed E-state index contributed by atoms with van der Waals surface area (Å²) in [7, 11) is 0. The maximum atomic E-state index is 14.2. The average molecular weight is 358 g/mol. The molecule has 0 aliphatic rings. The van der Waals surface area contributed by atoms with Gasteiger partial charge in [-0.1, -0.05) is 35.0 Å². The van der Waals surface area contributed by atoms with Gasteiger partial charge < -0.3 is 5.32 Å². The molecule has 1 atom stereocenters. The van der Waals surface area contributed by atoms with Crippen LogP contribution >= 0.6 is 15.9 Å². The van der Waals surface area contributed by atoms with Crippen LogP contribution in [0.25, 0.3) is 0 Å². The van der Waals surface area contributed by atoms with Crippen LogP contribution in [-0.2, 0) is 0 Å². The molecule has 0 aliphatic carbocycles. The highest BCUT2D eigenvalue weighted by molar-refractivity contribution is 9.10. The Labute approximate surface area is 130 Å². The highest BCUT2D eigenvalue weighted by Gasteiger charge is 2.22. The van der Waals surface area contributed by atoms with Crippen LogP contribution in [0.5, 0.6) is 0 Å². The largest absolute Gasteiger partial charge is 0.306 e. The van der Waals surface area contributed by atoms with Crippen molar-refractivity contribution in [2.75, 3.05) is 6.54 Å². The molecule has 112 valence electrons. The first kappa shape index (κ1) is 16.0. The third-order valence-corrected chi connectivity index (χ3v) is 4.02. The monoisotopic (exact) mass is 357 g/mol. The lowest BCUT2D eigenvalue weighted by Crippen LogP contribution is -2.24. The molecule has 21 heavy (non-hydrogen) atoms. The van der Waals surface area contributed by atoms with E-state index in [1.165, 1.54) is 31.2 Å². The van der Waals surface area contributed by atoms with Gasteiger partial charge in [-0.15, -0.1) is 0 Å². The van der Waals surface area contributed by atoms with Gasteiger partial charge in [0.05, 0.1) is 6.04 Å². The standard InChI is InChI=1S/C16H15BrF3N/c1-3-21-16(12-8-10(18)5-7-13(12)17)11-6-4-9(2)14(19)15(11)20/h4-8,16,21H,3H2,1-2H3. The van der Waals surface area contributed by atoms with Crippen molar-refractivity contribution < 1.29 is 13.2 Å². The summed E-state index contributed by atoms with van der Waals surface area (Å²) in [5.41, 5.74) is 0.926. The first-order chi connectivity index (χ1) is 9.95. The fourth-order valence-electron chi connectivity index (χ4n) is 2.21. The first-order valence-electron chi connectivity index (χ1n) is 6.58. The van der Waals surface area contributed by atoms with E-state index in [1.807, 2.05) is 6.92 Å². The van der Waals surface area contributed by atoms with Crippen molar-refractivity contribution in [3.8, 4) is 0 Å². The fraction of sp³-hybridized carbons (Fsp3) is 0.250. The Morgan fingerprint density at radius 3 is 2.43 bits per heavy atom. The molecule has 5 heteroatoms. The van der Waals surface area contributed by atoms with Gasteiger partial charge in [0.15, 0.2) is 11.6 Å². The Morgan fingerprint density at radius 2 is 1.76 bits per heavy atom. The van der Waals surface area contributed by atoms with E-state index in [2.05, 4.69) is 21.2 Å². The molecular formula is C16H15BrF3N. The van der Waals surface area contributed by atoms with E-state index in [4.69, 9.17) is 0 Å². The fourth-order valence-corrected chi connectivity index (χ4v) is 2.69. The van der Waals surface area contributed by atoms with Gasteiger partial charge in [0, 0.05) is 10.0 Å². The van der Waals surface area contributed by atoms with Crippen molar-refractivity contribution >= 4 is 15.9 Å². The summed E-state index contributed by atoms with van der Waals surface area (Å²) in [6, 6.07) is 6.59. The minimum Gasteiger partial charge on any atom is -0.306 e. The van der Waals surface area contributed by atoms with Crippen molar-refractivity contribution in [1.29, 1.82) is 0 Å². The minimum atomic E-state index is -0.905. The van der Waals surface area contributed by atoms with E-state index >= 15 is 0 Å². The number of rotatable bonds is 4. The maximum absolute atomic E-state index is 14.2. The lowest BCUT2D eigenvalue weighted by atomic mass is 9.96. The second-order valence-electron chi connectivity index (χ2n) is 4.76. The normalized spacial score (nSPS) is 12.5. The third-order valence-electron chi connectivity index (χ3n) is 3.29. The number of halogens is 4. The van der Waals surface area contributed by atoms with Crippen LogP contribution in [-0.4, -0.2) is 6.54 Å². The van der Waals surface area contributed by atoms with Crippen LogP contribution in [0.4, 0.5) is 13.2 Å². The van der Waals surface area contributed by atoms with E-state index in [1.54, 1.807) is 6.07 Å². The number of hydrogen-bond acceptors (Lipinski definition) is 1. The Balaban J connectivity index is 2.59. The quantitative estimate of drug-likeness (QED) is 0.822. The van der Waals surface area contributed by atoms with Crippen LogP contribution in [0.1, 0.15) is 29.7 Å². The van der Waals surface area contributed by atoms with Crippen LogP contribution in [0, 0.1) is 24.4 Å². The molecule has 2 aromatic carbocycles. The summed E-state index contributed by atoms with van der Waals surface area (Å²) in [5, 5.41) is 3.07. The van der Waals surface area contributed by atoms with Crippen LogP contribution in [0.2, 0.25) is 0 Å². The van der Waals surface area contributed by atoms with E-state index in [0.29, 0.717) is 16.6 Å². The molecule has 0 aromatic heterocycles. The molecule has 0 spiro atoms. The molecule has 0 saturated carbocycles. The summed E-state index contributed by atoms with van der Waals surface area (Å²) < 4.78 is 42.2. The number of benzene rings is 2. The number of nitrogens with one attached hydrogen (secondary N) is 1. The second kappa shape index (κ2) is 6.62. The smallest absolute Gasteiger partial charge is 0.164 e. The molecular weight excluding hydrogens is 343 g/mol. The van der Waals surface area contributed by atoms with Gasteiger partial charge in [-0.3, -0.25) is 0 Å². The Kier molecular flexibility index (Phi) is 5.06. The van der Waals surface area contributed by atoms with E-state index < -0.39 is 23.5 Å². The topological polar surface area (TPSA) is 12.0 Å². The van der Waals surface area contributed by atoms with Crippen molar-refractivity contribution in [3.63, 3.8) is 0 Å². The zero-order valence-corrected chi connectivity index (χ0v) is 13.3. The van der Waals surface area contributed by atoms with E-state index in [0.717, 1.165) is 0 Å². The van der Waals surface area contributed by atoms with Crippen LogP contribution in [0.15, 0.2) is 34.8 Å². The summed E-state index contributed by atoms with van der Waals surface area (Å²) >= 11 is 3.33. The molecule has 0 aliphatic heterocycles. The van der Waals surface area contributed by atoms with Gasteiger partial charge >= 0.3 is 0 Å². The molecule has 0 amide bonds. The maximum Gasteiger partial charge on any atom is 0.164 e. The van der Waals surface area contributed by atoms with Crippen molar-refractivity contribution in [1.82, 2.24) is 5.32 Å². The average Bonchev–Trinajstić information content (AvgIpc) is 2.46. The Bertz CT molecular complexity index is 658. The molecule has 0 fully saturated rings. The lowest BCUT2D eigenvalue weighted by Gasteiger charge is -2.21. The number of aryl methyl sites for hydroxylation is 1. The summed E-state index contributed by atoms with van der Waals surface area (Å²) in [6.07, 6.45) is 0. The summed E-state index contributed by atoms with van der Waals surface area (Å²) in [4.78, 5) is 0. The molecule has 1 nitrogen and oxygen atoms in total. The Morgan fingerprint density at radius 1 is 1.05 bits per heavy atom. The SMILES string of the molecule is CCNC(c1cc(F)ccc1Br)c1ccc(C)c(F)c1F. The van der Waals surface area contributed by atoms with Crippen molar-refractivity contribution in [2.45, 2.75) is 19.9 Å². The van der Waals surface area contributed by atoms with Gasteiger partial charge in [-0.2, -0.15) is 0 Å². The van der Waals surface area contributed by atoms with Crippen molar-refractivity contribution in [3.05, 3.63) is 68.9 Å². The van der Waals surface area contributed by atoms with E-state index in [-0.39, 0.29) is 11.1 Å². The predicted molar refractivity (Wildman–Crippen MR) is 80.7 cm³/mol. The van der Waals surface area contributed by atoms with Gasteiger partial charge in [0.2, 0.25) is 0 Å². The molecule has 0 heterocycles. The van der Waals surface area contributed by atoms with Crippen LogP contribution in [0.3, 0.4) is 0 Å². The first-order valence-corrected chi connectivity index (χ1v) is 7.37. The zero-order chi connectivity index (χ0) is 15.6. The van der Waals surface area contributed by atoms with Gasteiger partial charge in [0.25, 0.3) is 0 Å². The molecule has 0 bridgehead atoms. The molecule has 0 radical (unpaired) electrons. The summed E-state index contributed by atoms with van der Waals surface area (Å²) in [6.45, 7) is 3.88. The molecule has 0 saturated heterocycles. The minimum absolute atomic E-state index is 0.159. The highest BCUT2D eigenvalue weighted by Crippen LogP contribution is 2.32.